The van der Waals surface area contributed by atoms with Gasteiger partial charge in [0.2, 0.25) is 0 Å². The molecule has 1 N–H and O–H groups in total. The summed E-state index contributed by atoms with van der Waals surface area (Å²) in [5, 5.41) is 13.5. The smallest absolute Gasteiger partial charge is 0.339 e. The average Bonchev–Trinajstić information content (AvgIpc) is 2.66. The molecule has 0 bridgehead atoms. The Morgan fingerprint density at radius 3 is 2.32 bits per heavy atom. The molecule has 28 heavy (non-hydrogen) atoms. The van der Waals surface area contributed by atoms with E-state index in [-0.39, 0.29) is 22.7 Å². The number of nitrogens with one attached hydrogen (secondary N) is 1. The maximum absolute atomic E-state index is 12.1. The maximum Gasteiger partial charge on any atom is 0.339 e. The molecule has 0 aliphatic carbocycles. The minimum absolute atomic E-state index is 0.0218. The highest BCUT2D eigenvalue weighted by molar-refractivity contribution is 5.97. The molecule has 0 saturated carbocycles. The van der Waals surface area contributed by atoms with E-state index >= 15 is 0 Å². The predicted molar refractivity (Wildman–Crippen MR) is 101 cm³/mol. The number of hydrogen-bond donors (Lipinski definition) is 1. The molecule has 9 heteroatoms. The molecular formula is C19H19N3O6. The zero-order valence-corrected chi connectivity index (χ0v) is 15.6. The summed E-state index contributed by atoms with van der Waals surface area (Å²) >= 11 is 0. The van der Waals surface area contributed by atoms with E-state index < -0.39 is 23.4 Å². The van der Waals surface area contributed by atoms with Gasteiger partial charge in [0.1, 0.15) is 0 Å². The first-order valence-corrected chi connectivity index (χ1v) is 8.23. The summed E-state index contributed by atoms with van der Waals surface area (Å²) in [6, 6.07) is 10.3. The fourth-order valence-electron chi connectivity index (χ4n) is 2.40. The van der Waals surface area contributed by atoms with E-state index in [1.165, 1.54) is 30.0 Å². The summed E-state index contributed by atoms with van der Waals surface area (Å²) in [7, 11) is 3.27. The van der Waals surface area contributed by atoms with Crippen LogP contribution in [0.2, 0.25) is 0 Å². The van der Waals surface area contributed by atoms with Gasteiger partial charge in [-0.05, 0) is 37.3 Å². The zero-order valence-electron chi connectivity index (χ0n) is 15.6. The number of carbonyl (C=O) groups excluding carboxylic acids is 3. The Labute approximate surface area is 161 Å². The van der Waals surface area contributed by atoms with Crippen molar-refractivity contribution in [2.75, 3.05) is 26.0 Å². The third kappa shape index (κ3) is 4.91. The Morgan fingerprint density at radius 2 is 1.75 bits per heavy atom. The topological polar surface area (TPSA) is 119 Å². The lowest BCUT2D eigenvalue weighted by molar-refractivity contribution is -0.385. The van der Waals surface area contributed by atoms with E-state index in [4.69, 9.17) is 4.74 Å². The van der Waals surface area contributed by atoms with Crippen LogP contribution in [0.4, 0.5) is 11.4 Å². The highest BCUT2D eigenvalue weighted by atomic mass is 16.6. The first kappa shape index (κ1) is 20.6. The number of nitrogens with zero attached hydrogens (tertiary/aromatic N) is 2. The molecule has 0 aromatic heterocycles. The standard InChI is InChI=1S/C19H19N3O6/c1-12-15(5-4-6-16(12)22(26)27)19(25)28-11-17(23)20-14-9-7-13(8-10-14)18(24)21(2)3/h4-10H,11H2,1-3H3,(H,20,23). The fourth-order valence-corrected chi connectivity index (χ4v) is 2.40. The Hall–Kier alpha value is -3.75. The van der Waals surface area contributed by atoms with Crippen molar-refractivity contribution in [3.63, 3.8) is 0 Å². The van der Waals surface area contributed by atoms with Gasteiger partial charge in [-0.1, -0.05) is 6.07 Å². The number of nitro benzene ring substituents is 1. The SMILES string of the molecule is Cc1c(C(=O)OCC(=O)Nc2ccc(C(=O)N(C)C)cc2)cccc1[N+](=O)[O-]. The van der Waals surface area contributed by atoms with E-state index in [9.17, 15) is 24.5 Å². The van der Waals surface area contributed by atoms with Gasteiger partial charge in [0.05, 0.1) is 10.5 Å². The number of nitro groups is 1. The van der Waals surface area contributed by atoms with Crippen molar-refractivity contribution in [3.05, 3.63) is 69.3 Å². The minimum atomic E-state index is -0.830. The van der Waals surface area contributed by atoms with Crippen molar-refractivity contribution in [1.82, 2.24) is 4.90 Å². The largest absolute Gasteiger partial charge is 0.452 e. The molecule has 2 aromatic carbocycles. The van der Waals surface area contributed by atoms with Gasteiger partial charge < -0.3 is 15.0 Å². The van der Waals surface area contributed by atoms with Gasteiger partial charge in [-0.2, -0.15) is 0 Å². The number of hydrogen-bond acceptors (Lipinski definition) is 6. The molecule has 0 aliphatic heterocycles. The molecule has 0 aliphatic rings. The molecule has 2 amide bonds. The van der Waals surface area contributed by atoms with Crippen LogP contribution in [0.5, 0.6) is 0 Å². The van der Waals surface area contributed by atoms with E-state index in [0.717, 1.165) is 0 Å². The third-order valence-electron chi connectivity index (χ3n) is 3.88. The van der Waals surface area contributed by atoms with Crippen LogP contribution in [0, 0.1) is 17.0 Å². The molecular weight excluding hydrogens is 366 g/mol. The monoisotopic (exact) mass is 385 g/mol. The minimum Gasteiger partial charge on any atom is -0.452 e. The predicted octanol–water partition coefficient (Wildman–Crippen LogP) is 2.40. The van der Waals surface area contributed by atoms with E-state index in [2.05, 4.69) is 5.32 Å². The number of benzene rings is 2. The van der Waals surface area contributed by atoms with Crippen molar-refractivity contribution in [2.45, 2.75) is 6.92 Å². The van der Waals surface area contributed by atoms with Crippen LogP contribution >= 0.6 is 0 Å². The summed E-state index contributed by atoms with van der Waals surface area (Å²) in [5.41, 5.74) is 0.886. The van der Waals surface area contributed by atoms with Gasteiger partial charge in [0, 0.05) is 37.0 Å². The summed E-state index contributed by atoms with van der Waals surface area (Å²) in [6.07, 6.45) is 0. The van der Waals surface area contributed by atoms with Crippen LogP contribution in [0.3, 0.4) is 0 Å². The number of amides is 2. The van der Waals surface area contributed by atoms with Crippen molar-refractivity contribution >= 4 is 29.2 Å². The first-order valence-electron chi connectivity index (χ1n) is 8.23. The van der Waals surface area contributed by atoms with Crippen LogP contribution in [-0.4, -0.2) is 48.3 Å². The Morgan fingerprint density at radius 1 is 1.11 bits per heavy atom. The molecule has 0 unspecified atom stereocenters. The molecule has 0 radical (unpaired) electrons. The molecule has 146 valence electrons. The van der Waals surface area contributed by atoms with E-state index in [1.54, 1.807) is 38.4 Å². The Balaban J connectivity index is 1.96. The lowest BCUT2D eigenvalue weighted by Crippen LogP contribution is -2.22. The number of esters is 1. The molecule has 2 aromatic rings. The number of ether oxygens (including phenoxy) is 1. The molecule has 0 fully saturated rings. The van der Waals surface area contributed by atoms with Crippen LogP contribution in [0.1, 0.15) is 26.3 Å². The van der Waals surface area contributed by atoms with Gasteiger partial charge >= 0.3 is 5.97 Å². The van der Waals surface area contributed by atoms with Crippen LogP contribution in [0.15, 0.2) is 42.5 Å². The number of rotatable bonds is 6. The van der Waals surface area contributed by atoms with Crippen LogP contribution in [0.25, 0.3) is 0 Å². The summed E-state index contributed by atoms with van der Waals surface area (Å²) in [5.74, 6) is -1.58. The molecule has 2 rings (SSSR count). The quantitative estimate of drug-likeness (QED) is 0.463. The second-order valence-corrected chi connectivity index (χ2v) is 6.11. The van der Waals surface area contributed by atoms with Gasteiger partial charge in [-0.25, -0.2) is 4.79 Å². The van der Waals surface area contributed by atoms with E-state index in [1.807, 2.05) is 0 Å². The highest BCUT2D eigenvalue weighted by Gasteiger charge is 2.19. The van der Waals surface area contributed by atoms with Gasteiger partial charge in [0.25, 0.3) is 17.5 Å². The van der Waals surface area contributed by atoms with Gasteiger partial charge in [-0.3, -0.25) is 19.7 Å². The average molecular weight is 385 g/mol. The summed E-state index contributed by atoms with van der Waals surface area (Å²) < 4.78 is 4.94. The second-order valence-electron chi connectivity index (χ2n) is 6.11. The molecule has 0 saturated heterocycles. The van der Waals surface area contributed by atoms with Crippen molar-refractivity contribution in [1.29, 1.82) is 0 Å². The van der Waals surface area contributed by atoms with Crippen molar-refractivity contribution in [3.8, 4) is 0 Å². The molecule has 0 spiro atoms. The van der Waals surface area contributed by atoms with Crippen LogP contribution < -0.4 is 5.32 Å². The Kier molecular flexibility index (Phi) is 6.43. The van der Waals surface area contributed by atoms with Crippen molar-refractivity contribution in [2.24, 2.45) is 0 Å². The lowest BCUT2D eigenvalue weighted by Gasteiger charge is -2.11. The summed E-state index contributed by atoms with van der Waals surface area (Å²) in [6.45, 7) is 0.880. The fraction of sp³-hybridized carbons (Fsp3) is 0.211. The molecule has 0 heterocycles. The van der Waals surface area contributed by atoms with Crippen molar-refractivity contribution < 1.29 is 24.0 Å². The lowest BCUT2D eigenvalue weighted by atomic mass is 10.1. The maximum atomic E-state index is 12.1. The van der Waals surface area contributed by atoms with Gasteiger partial charge in [0.15, 0.2) is 6.61 Å². The normalized spacial score (nSPS) is 10.1. The summed E-state index contributed by atoms with van der Waals surface area (Å²) in [4.78, 5) is 47.7. The van der Waals surface area contributed by atoms with Crippen LogP contribution in [-0.2, 0) is 9.53 Å². The molecule has 0 atom stereocenters. The number of carbonyl (C=O) groups is 3. The number of anilines is 1. The third-order valence-corrected chi connectivity index (χ3v) is 3.88. The highest BCUT2D eigenvalue weighted by Crippen LogP contribution is 2.21. The zero-order chi connectivity index (χ0) is 20.8. The van der Waals surface area contributed by atoms with E-state index in [0.29, 0.717) is 11.3 Å². The Bertz CT molecular complexity index is 922. The van der Waals surface area contributed by atoms with Gasteiger partial charge in [-0.15, -0.1) is 0 Å². The second kappa shape index (κ2) is 8.76. The first-order chi connectivity index (χ1) is 13.2. The molecule has 9 nitrogen and oxygen atoms in total.